The van der Waals surface area contributed by atoms with Crippen molar-refractivity contribution in [2.75, 3.05) is 0 Å². The van der Waals surface area contributed by atoms with Gasteiger partial charge in [-0.05, 0) is 42.0 Å². The van der Waals surface area contributed by atoms with Crippen LogP contribution in [-0.4, -0.2) is 15.9 Å². The number of H-pyrrole nitrogens is 1. The molecule has 3 aromatic rings. The summed E-state index contributed by atoms with van der Waals surface area (Å²) < 4.78 is 0. The van der Waals surface area contributed by atoms with Gasteiger partial charge in [0, 0.05) is 10.6 Å². The standard InChI is InChI=1S/C14H9ClN2O2/c15-10-4-1-8(2-5-10)13-16-11-6-3-9(14(18)19)7-12(11)17-13/h1-7H,(H,16,17)(H,18,19)/p-1. The number of carboxylic acid groups (broad SMARTS) is 1. The summed E-state index contributed by atoms with van der Waals surface area (Å²) in [4.78, 5) is 18.3. The summed E-state index contributed by atoms with van der Waals surface area (Å²) in [6.45, 7) is 0. The van der Waals surface area contributed by atoms with Gasteiger partial charge in [-0.1, -0.05) is 17.7 Å². The van der Waals surface area contributed by atoms with Gasteiger partial charge in [0.05, 0.1) is 17.0 Å². The SMILES string of the molecule is O=C([O-])c1ccc2nc(-c3ccc(Cl)cc3)[nH]c2c1. The van der Waals surface area contributed by atoms with Gasteiger partial charge in [0.2, 0.25) is 0 Å². The molecule has 0 amide bonds. The lowest BCUT2D eigenvalue weighted by Gasteiger charge is -2.00. The van der Waals surface area contributed by atoms with Crippen LogP contribution in [0.2, 0.25) is 5.02 Å². The molecular weight excluding hydrogens is 264 g/mol. The number of nitrogens with one attached hydrogen (secondary N) is 1. The van der Waals surface area contributed by atoms with Crippen LogP contribution in [0.5, 0.6) is 0 Å². The zero-order valence-corrected chi connectivity index (χ0v) is 10.4. The van der Waals surface area contributed by atoms with Gasteiger partial charge in [0.25, 0.3) is 0 Å². The molecule has 0 aliphatic heterocycles. The molecule has 94 valence electrons. The third kappa shape index (κ3) is 2.18. The Morgan fingerprint density at radius 1 is 1.16 bits per heavy atom. The number of aromatic nitrogens is 2. The van der Waals surface area contributed by atoms with Gasteiger partial charge in [-0.3, -0.25) is 0 Å². The van der Waals surface area contributed by atoms with E-state index in [0.717, 1.165) is 5.56 Å². The Hall–Kier alpha value is -2.33. The zero-order chi connectivity index (χ0) is 13.4. The topological polar surface area (TPSA) is 68.8 Å². The molecule has 5 heteroatoms. The number of aromatic carboxylic acids is 1. The van der Waals surface area contributed by atoms with Gasteiger partial charge in [-0.2, -0.15) is 0 Å². The number of halogens is 1. The molecule has 0 spiro atoms. The maximum Gasteiger partial charge on any atom is 0.138 e. The first-order valence-electron chi connectivity index (χ1n) is 5.60. The van der Waals surface area contributed by atoms with Crippen molar-refractivity contribution >= 4 is 28.6 Å². The van der Waals surface area contributed by atoms with Crippen LogP contribution in [0, 0.1) is 0 Å². The summed E-state index contributed by atoms with van der Waals surface area (Å²) >= 11 is 5.83. The Morgan fingerprint density at radius 2 is 1.89 bits per heavy atom. The van der Waals surface area contributed by atoms with Crippen LogP contribution < -0.4 is 5.11 Å². The van der Waals surface area contributed by atoms with Crippen LogP contribution in [0.15, 0.2) is 42.5 Å². The van der Waals surface area contributed by atoms with Gasteiger partial charge in [-0.15, -0.1) is 0 Å². The predicted octanol–water partition coefficient (Wildman–Crippen LogP) is 2.25. The molecule has 1 aromatic heterocycles. The van der Waals surface area contributed by atoms with Gasteiger partial charge < -0.3 is 14.9 Å². The van der Waals surface area contributed by atoms with E-state index < -0.39 is 5.97 Å². The number of imidazole rings is 1. The first kappa shape index (κ1) is 11.7. The number of carbonyl (C=O) groups is 1. The van der Waals surface area contributed by atoms with E-state index in [-0.39, 0.29) is 5.56 Å². The molecule has 3 rings (SSSR count). The molecule has 0 radical (unpaired) electrons. The fourth-order valence-electron chi connectivity index (χ4n) is 1.88. The van der Waals surface area contributed by atoms with Crippen LogP contribution in [0.4, 0.5) is 0 Å². The highest BCUT2D eigenvalue weighted by Crippen LogP contribution is 2.22. The van der Waals surface area contributed by atoms with Crippen molar-refractivity contribution in [3.05, 3.63) is 53.1 Å². The van der Waals surface area contributed by atoms with Crippen molar-refractivity contribution in [3.8, 4) is 11.4 Å². The molecule has 0 aliphatic carbocycles. The Labute approximate surface area is 113 Å². The highest BCUT2D eigenvalue weighted by molar-refractivity contribution is 6.30. The minimum Gasteiger partial charge on any atom is -0.545 e. The predicted molar refractivity (Wildman–Crippen MR) is 70.9 cm³/mol. The van der Waals surface area contributed by atoms with Crippen LogP contribution >= 0.6 is 11.6 Å². The molecule has 0 aliphatic rings. The third-order valence-corrected chi connectivity index (χ3v) is 3.09. The maximum atomic E-state index is 10.8. The molecule has 1 heterocycles. The fraction of sp³-hybridized carbons (Fsp3) is 0. The molecule has 1 N–H and O–H groups in total. The molecule has 0 saturated heterocycles. The third-order valence-electron chi connectivity index (χ3n) is 2.84. The molecule has 0 fully saturated rings. The van der Waals surface area contributed by atoms with E-state index in [1.165, 1.54) is 12.1 Å². The van der Waals surface area contributed by atoms with Crippen LogP contribution in [-0.2, 0) is 0 Å². The summed E-state index contributed by atoms with van der Waals surface area (Å²) in [5.41, 5.74) is 2.37. The number of fused-ring (bicyclic) bond motifs is 1. The number of benzene rings is 2. The Kier molecular flexibility index (Phi) is 2.72. The summed E-state index contributed by atoms with van der Waals surface area (Å²) in [5.74, 6) is -0.535. The number of hydrogen-bond donors (Lipinski definition) is 1. The number of aromatic amines is 1. The monoisotopic (exact) mass is 271 g/mol. The molecular formula is C14H8ClN2O2-. The lowest BCUT2D eigenvalue weighted by molar-refractivity contribution is -0.255. The molecule has 0 unspecified atom stereocenters. The first-order valence-corrected chi connectivity index (χ1v) is 5.98. The summed E-state index contributed by atoms with van der Waals surface area (Å²) in [7, 11) is 0. The second-order valence-electron chi connectivity index (χ2n) is 4.11. The molecule has 0 saturated carbocycles. The van der Waals surface area contributed by atoms with Gasteiger partial charge in [0.15, 0.2) is 0 Å². The summed E-state index contributed by atoms with van der Waals surface area (Å²) in [5, 5.41) is 11.5. The van der Waals surface area contributed by atoms with Crippen molar-refractivity contribution in [1.82, 2.24) is 9.97 Å². The maximum absolute atomic E-state index is 10.8. The van der Waals surface area contributed by atoms with Crippen molar-refractivity contribution in [1.29, 1.82) is 0 Å². The van der Waals surface area contributed by atoms with Gasteiger partial charge in [0.1, 0.15) is 5.82 Å². The highest BCUT2D eigenvalue weighted by atomic mass is 35.5. The molecule has 2 aromatic carbocycles. The second kappa shape index (κ2) is 4.40. The van der Waals surface area contributed by atoms with Crippen LogP contribution in [0.25, 0.3) is 22.4 Å². The molecule has 4 nitrogen and oxygen atoms in total. The minimum atomic E-state index is -1.20. The van der Waals surface area contributed by atoms with Crippen molar-refractivity contribution < 1.29 is 9.90 Å². The van der Waals surface area contributed by atoms with E-state index in [0.29, 0.717) is 21.9 Å². The summed E-state index contributed by atoms with van der Waals surface area (Å²) in [6.07, 6.45) is 0. The summed E-state index contributed by atoms with van der Waals surface area (Å²) in [6, 6.07) is 11.9. The average molecular weight is 272 g/mol. The number of rotatable bonds is 2. The molecule has 19 heavy (non-hydrogen) atoms. The van der Waals surface area contributed by atoms with Crippen molar-refractivity contribution in [3.63, 3.8) is 0 Å². The normalized spacial score (nSPS) is 10.8. The van der Waals surface area contributed by atoms with E-state index in [1.807, 2.05) is 12.1 Å². The lowest BCUT2D eigenvalue weighted by atomic mass is 10.2. The van der Waals surface area contributed by atoms with Crippen molar-refractivity contribution in [2.45, 2.75) is 0 Å². The molecule has 0 atom stereocenters. The Morgan fingerprint density at radius 3 is 2.58 bits per heavy atom. The van der Waals surface area contributed by atoms with Gasteiger partial charge >= 0.3 is 0 Å². The number of carboxylic acids is 1. The van der Waals surface area contributed by atoms with Crippen LogP contribution in [0.1, 0.15) is 10.4 Å². The highest BCUT2D eigenvalue weighted by Gasteiger charge is 2.06. The minimum absolute atomic E-state index is 0.124. The lowest BCUT2D eigenvalue weighted by Crippen LogP contribution is -2.21. The average Bonchev–Trinajstić information content (AvgIpc) is 2.82. The van der Waals surface area contributed by atoms with E-state index >= 15 is 0 Å². The van der Waals surface area contributed by atoms with E-state index in [2.05, 4.69) is 9.97 Å². The van der Waals surface area contributed by atoms with E-state index in [9.17, 15) is 9.90 Å². The van der Waals surface area contributed by atoms with E-state index in [1.54, 1.807) is 18.2 Å². The largest absolute Gasteiger partial charge is 0.545 e. The number of hydrogen-bond acceptors (Lipinski definition) is 3. The smallest absolute Gasteiger partial charge is 0.138 e. The quantitative estimate of drug-likeness (QED) is 0.777. The Bertz CT molecular complexity index is 763. The Balaban J connectivity index is 2.11. The first-order chi connectivity index (χ1) is 9.13. The number of carbonyl (C=O) groups excluding carboxylic acids is 1. The van der Waals surface area contributed by atoms with Crippen molar-refractivity contribution in [2.24, 2.45) is 0 Å². The second-order valence-corrected chi connectivity index (χ2v) is 4.55. The zero-order valence-electron chi connectivity index (χ0n) is 9.68. The fourth-order valence-corrected chi connectivity index (χ4v) is 2.01. The van der Waals surface area contributed by atoms with E-state index in [4.69, 9.17) is 11.6 Å². The molecule has 0 bridgehead atoms. The van der Waals surface area contributed by atoms with Gasteiger partial charge in [-0.25, -0.2) is 4.98 Å². The number of nitrogens with zero attached hydrogens (tertiary/aromatic N) is 1. The van der Waals surface area contributed by atoms with Crippen LogP contribution in [0.3, 0.4) is 0 Å².